The van der Waals surface area contributed by atoms with E-state index in [1.165, 1.54) is 5.39 Å². The standard InChI is InChI=1S/C21H20N2O2/c24-21(23-19-11-12-25-20-8-4-3-7-18(19)20)14-22-17-10-9-15-5-1-2-6-16(15)13-17/h1-10,13,19,22H,11-12,14H2,(H,23,24). The molecule has 0 aliphatic carbocycles. The smallest absolute Gasteiger partial charge is 0.239 e. The summed E-state index contributed by atoms with van der Waals surface area (Å²) in [5.74, 6) is 0.844. The second-order valence-corrected chi connectivity index (χ2v) is 6.21. The Morgan fingerprint density at radius 3 is 2.72 bits per heavy atom. The van der Waals surface area contributed by atoms with Gasteiger partial charge in [-0.25, -0.2) is 0 Å². The molecule has 0 aromatic heterocycles. The fourth-order valence-corrected chi connectivity index (χ4v) is 3.22. The van der Waals surface area contributed by atoms with Gasteiger partial charge in [0.25, 0.3) is 0 Å². The first-order valence-electron chi connectivity index (χ1n) is 8.53. The number of para-hydroxylation sites is 1. The lowest BCUT2D eigenvalue weighted by atomic mass is 10.0. The Morgan fingerprint density at radius 2 is 1.80 bits per heavy atom. The molecule has 0 bridgehead atoms. The van der Waals surface area contributed by atoms with Gasteiger partial charge in [0.2, 0.25) is 5.91 Å². The van der Waals surface area contributed by atoms with Gasteiger partial charge in [-0.05, 0) is 29.0 Å². The third-order valence-electron chi connectivity index (χ3n) is 4.50. The summed E-state index contributed by atoms with van der Waals surface area (Å²) in [7, 11) is 0. The number of carbonyl (C=O) groups excluding carboxylic acids is 1. The van der Waals surface area contributed by atoms with Crippen LogP contribution in [0.3, 0.4) is 0 Å². The lowest BCUT2D eigenvalue weighted by Gasteiger charge is -2.26. The van der Waals surface area contributed by atoms with E-state index in [1.54, 1.807) is 0 Å². The first-order chi connectivity index (χ1) is 12.3. The van der Waals surface area contributed by atoms with Crippen LogP contribution in [0.25, 0.3) is 10.8 Å². The fraction of sp³-hybridized carbons (Fsp3) is 0.190. The van der Waals surface area contributed by atoms with Crippen molar-refractivity contribution in [1.82, 2.24) is 5.32 Å². The Bertz CT molecular complexity index is 907. The number of anilines is 1. The van der Waals surface area contributed by atoms with Crippen molar-refractivity contribution in [3.05, 3.63) is 72.3 Å². The Labute approximate surface area is 146 Å². The maximum atomic E-state index is 12.3. The molecule has 1 aliphatic heterocycles. The zero-order chi connectivity index (χ0) is 17.1. The summed E-state index contributed by atoms with van der Waals surface area (Å²) in [6.45, 7) is 0.873. The highest BCUT2D eigenvalue weighted by Crippen LogP contribution is 2.31. The highest BCUT2D eigenvalue weighted by Gasteiger charge is 2.22. The van der Waals surface area contributed by atoms with Gasteiger partial charge >= 0.3 is 0 Å². The van der Waals surface area contributed by atoms with Gasteiger partial charge < -0.3 is 15.4 Å². The first kappa shape index (κ1) is 15.5. The number of amides is 1. The third kappa shape index (κ3) is 3.43. The van der Waals surface area contributed by atoms with Gasteiger partial charge in [0.05, 0.1) is 19.2 Å². The maximum absolute atomic E-state index is 12.3. The molecular weight excluding hydrogens is 312 g/mol. The summed E-state index contributed by atoms with van der Waals surface area (Å²) >= 11 is 0. The minimum Gasteiger partial charge on any atom is -0.493 e. The van der Waals surface area contributed by atoms with Crippen molar-refractivity contribution in [2.24, 2.45) is 0 Å². The topological polar surface area (TPSA) is 50.4 Å². The van der Waals surface area contributed by atoms with Crippen LogP contribution in [0.4, 0.5) is 5.69 Å². The van der Waals surface area contributed by atoms with Crippen molar-refractivity contribution in [3.63, 3.8) is 0 Å². The Hall–Kier alpha value is -3.01. The van der Waals surface area contributed by atoms with E-state index in [1.807, 2.05) is 42.5 Å². The van der Waals surface area contributed by atoms with Crippen LogP contribution < -0.4 is 15.4 Å². The van der Waals surface area contributed by atoms with Crippen LogP contribution in [0.1, 0.15) is 18.0 Å². The van der Waals surface area contributed by atoms with E-state index in [0.717, 1.165) is 28.8 Å². The lowest BCUT2D eigenvalue weighted by Crippen LogP contribution is -2.35. The van der Waals surface area contributed by atoms with Gasteiger partial charge in [0.1, 0.15) is 5.75 Å². The van der Waals surface area contributed by atoms with E-state index in [9.17, 15) is 4.79 Å². The van der Waals surface area contributed by atoms with Crippen LogP contribution in [0.2, 0.25) is 0 Å². The molecule has 0 radical (unpaired) electrons. The summed E-state index contributed by atoms with van der Waals surface area (Å²) in [5, 5.41) is 8.66. The normalized spacial score (nSPS) is 15.9. The van der Waals surface area contributed by atoms with Gasteiger partial charge in [-0.1, -0.05) is 48.5 Å². The summed E-state index contributed by atoms with van der Waals surface area (Å²) in [4.78, 5) is 12.3. The largest absolute Gasteiger partial charge is 0.493 e. The number of hydrogen-bond acceptors (Lipinski definition) is 3. The van der Waals surface area contributed by atoms with Crippen LogP contribution in [0.15, 0.2) is 66.7 Å². The number of nitrogens with one attached hydrogen (secondary N) is 2. The molecular formula is C21H20N2O2. The minimum atomic E-state index is -0.0186. The number of carbonyl (C=O) groups is 1. The van der Waals surface area contributed by atoms with E-state index in [-0.39, 0.29) is 18.5 Å². The number of hydrogen-bond donors (Lipinski definition) is 2. The van der Waals surface area contributed by atoms with E-state index in [2.05, 4.69) is 34.9 Å². The van der Waals surface area contributed by atoms with E-state index < -0.39 is 0 Å². The molecule has 3 aromatic carbocycles. The summed E-state index contributed by atoms with van der Waals surface area (Å²) in [6.07, 6.45) is 0.790. The van der Waals surface area contributed by atoms with Gasteiger partial charge in [-0.3, -0.25) is 4.79 Å². The van der Waals surface area contributed by atoms with Crippen molar-refractivity contribution < 1.29 is 9.53 Å². The van der Waals surface area contributed by atoms with E-state index in [4.69, 9.17) is 4.74 Å². The molecule has 0 saturated carbocycles. The van der Waals surface area contributed by atoms with Crippen LogP contribution >= 0.6 is 0 Å². The van der Waals surface area contributed by atoms with E-state index >= 15 is 0 Å². The predicted octanol–water partition coefficient (Wildman–Crippen LogP) is 3.89. The van der Waals surface area contributed by atoms with Gasteiger partial charge in [0, 0.05) is 17.7 Å². The molecule has 4 rings (SSSR count). The molecule has 0 spiro atoms. The number of fused-ring (bicyclic) bond motifs is 2. The number of rotatable bonds is 4. The second kappa shape index (κ2) is 6.85. The third-order valence-corrected chi connectivity index (χ3v) is 4.50. The molecule has 4 heteroatoms. The fourth-order valence-electron chi connectivity index (χ4n) is 3.22. The molecule has 0 saturated heterocycles. The number of benzene rings is 3. The molecule has 0 fully saturated rings. The molecule has 1 heterocycles. The Morgan fingerprint density at radius 1 is 1.00 bits per heavy atom. The highest BCUT2D eigenvalue weighted by atomic mass is 16.5. The summed E-state index contributed by atoms with van der Waals surface area (Å²) in [6, 6.07) is 22.2. The van der Waals surface area contributed by atoms with E-state index in [0.29, 0.717) is 6.61 Å². The molecule has 126 valence electrons. The molecule has 1 unspecified atom stereocenters. The van der Waals surface area contributed by atoms with Crippen LogP contribution in [0.5, 0.6) is 5.75 Å². The molecule has 1 aliphatic rings. The van der Waals surface area contributed by atoms with Crippen molar-refractivity contribution in [2.45, 2.75) is 12.5 Å². The van der Waals surface area contributed by atoms with Crippen LogP contribution in [0, 0.1) is 0 Å². The minimum absolute atomic E-state index is 0.0100. The number of ether oxygens (including phenoxy) is 1. The Balaban J connectivity index is 1.39. The van der Waals surface area contributed by atoms with Gasteiger partial charge in [0.15, 0.2) is 0 Å². The highest BCUT2D eigenvalue weighted by molar-refractivity contribution is 5.87. The molecule has 1 amide bonds. The first-order valence-corrected chi connectivity index (χ1v) is 8.53. The zero-order valence-electron chi connectivity index (χ0n) is 13.9. The van der Waals surface area contributed by atoms with Crippen LogP contribution in [-0.4, -0.2) is 19.1 Å². The van der Waals surface area contributed by atoms with Crippen molar-refractivity contribution in [3.8, 4) is 5.75 Å². The molecule has 1 atom stereocenters. The zero-order valence-corrected chi connectivity index (χ0v) is 13.9. The second-order valence-electron chi connectivity index (χ2n) is 6.21. The van der Waals surface area contributed by atoms with Crippen molar-refractivity contribution in [2.75, 3.05) is 18.5 Å². The predicted molar refractivity (Wildman–Crippen MR) is 99.9 cm³/mol. The summed E-state index contributed by atoms with van der Waals surface area (Å²) < 4.78 is 5.64. The maximum Gasteiger partial charge on any atom is 0.239 e. The van der Waals surface area contributed by atoms with Gasteiger partial charge in [-0.15, -0.1) is 0 Å². The average molecular weight is 332 g/mol. The van der Waals surface area contributed by atoms with Crippen LogP contribution in [-0.2, 0) is 4.79 Å². The molecule has 2 N–H and O–H groups in total. The van der Waals surface area contributed by atoms with Crippen molar-refractivity contribution in [1.29, 1.82) is 0 Å². The van der Waals surface area contributed by atoms with Gasteiger partial charge in [-0.2, -0.15) is 0 Å². The average Bonchev–Trinajstić information content (AvgIpc) is 2.66. The molecule has 25 heavy (non-hydrogen) atoms. The monoisotopic (exact) mass is 332 g/mol. The Kier molecular flexibility index (Phi) is 4.25. The SMILES string of the molecule is O=C(CNc1ccc2ccccc2c1)NC1CCOc2ccccc21. The summed E-state index contributed by atoms with van der Waals surface area (Å²) in [5.41, 5.74) is 1.99. The lowest BCUT2D eigenvalue weighted by molar-refractivity contribution is -0.120. The van der Waals surface area contributed by atoms with Crippen molar-refractivity contribution >= 4 is 22.4 Å². The molecule has 4 nitrogen and oxygen atoms in total. The molecule has 3 aromatic rings. The quantitative estimate of drug-likeness (QED) is 0.762.